The number of nitrogens with zero attached hydrogens (tertiary/aromatic N) is 4. The van der Waals surface area contributed by atoms with Crippen LogP contribution in [0, 0.1) is 6.92 Å². The van der Waals surface area contributed by atoms with E-state index in [9.17, 15) is 0 Å². The quantitative estimate of drug-likeness (QED) is 0.706. The van der Waals surface area contributed by atoms with E-state index in [0.717, 1.165) is 49.1 Å². The van der Waals surface area contributed by atoms with Gasteiger partial charge in [0.2, 0.25) is 5.89 Å². The lowest BCUT2D eigenvalue weighted by molar-refractivity contribution is 0.242. The average Bonchev–Trinajstić information content (AvgIpc) is 3.20. The van der Waals surface area contributed by atoms with Gasteiger partial charge < -0.3 is 4.42 Å². The number of hydrogen-bond acceptors (Lipinski definition) is 4. The first-order chi connectivity index (χ1) is 12.1. The molecule has 1 aliphatic heterocycles. The third-order valence-electron chi connectivity index (χ3n) is 4.66. The number of aryl methyl sites for hydroxylation is 2. The molecule has 0 radical (unpaired) electrons. The van der Waals surface area contributed by atoms with Crippen molar-refractivity contribution in [2.75, 3.05) is 6.54 Å². The zero-order valence-corrected chi connectivity index (χ0v) is 15.3. The highest BCUT2D eigenvalue weighted by molar-refractivity contribution is 6.30. The summed E-state index contributed by atoms with van der Waals surface area (Å²) in [5, 5.41) is 5.54. The number of aromatic nitrogens is 3. The fourth-order valence-corrected chi connectivity index (χ4v) is 3.55. The maximum Gasteiger partial charge on any atom is 0.247 e. The Labute approximate surface area is 152 Å². The van der Waals surface area contributed by atoms with Crippen molar-refractivity contribution in [2.45, 2.75) is 39.9 Å². The van der Waals surface area contributed by atoms with Gasteiger partial charge >= 0.3 is 0 Å². The molecule has 0 bridgehead atoms. The predicted octanol–water partition coefficient (Wildman–Crippen LogP) is 4.08. The van der Waals surface area contributed by atoms with E-state index in [-0.39, 0.29) is 0 Å². The molecular weight excluding hydrogens is 336 g/mol. The molecule has 25 heavy (non-hydrogen) atoms. The fraction of sp³-hybridized carbons (Fsp3) is 0.368. The van der Waals surface area contributed by atoms with Gasteiger partial charge in [-0.1, -0.05) is 23.7 Å². The predicted molar refractivity (Wildman–Crippen MR) is 97.4 cm³/mol. The molecule has 0 unspecified atom stereocenters. The lowest BCUT2D eigenvalue weighted by atomic mass is 10.0. The highest BCUT2D eigenvalue weighted by Gasteiger charge is 2.27. The van der Waals surface area contributed by atoms with E-state index in [1.54, 1.807) is 6.20 Å². The van der Waals surface area contributed by atoms with Crippen LogP contribution in [0.3, 0.4) is 0 Å². The van der Waals surface area contributed by atoms with Crippen LogP contribution >= 0.6 is 11.6 Å². The number of benzene rings is 1. The molecule has 0 saturated heterocycles. The Kier molecular flexibility index (Phi) is 4.36. The first kappa shape index (κ1) is 16.4. The van der Waals surface area contributed by atoms with Gasteiger partial charge in [-0.25, -0.2) is 4.98 Å². The molecule has 0 saturated carbocycles. The van der Waals surface area contributed by atoms with Crippen molar-refractivity contribution < 1.29 is 4.42 Å². The number of rotatable bonds is 4. The van der Waals surface area contributed by atoms with Crippen LogP contribution in [0.4, 0.5) is 0 Å². The number of hydrogen-bond donors (Lipinski definition) is 0. The Morgan fingerprint density at radius 1 is 1.24 bits per heavy atom. The molecule has 3 heterocycles. The summed E-state index contributed by atoms with van der Waals surface area (Å²) >= 11 is 5.99. The summed E-state index contributed by atoms with van der Waals surface area (Å²) in [5.74, 6) is 1.43. The van der Waals surface area contributed by atoms with Crippen molar-refractivity contribution in [1.82, 2.24) is 19.7 Å². The van der Waals surface area contributed by atoms with Gasteiger partial charge in [-0.05, 0) is 31.5 Å². The fourth-order valence-electron chi connectivity index (χ4n) is 3.43. The third kappa shape index (κ3) is 3.22. The van der Waals surface area contributed by atoms with E-state index in [0.29, 0.717) is 5.89 Å². The van der Waals surface area contributed by atoms with Crippen LogP contribution in [-0.2, 0) is 26.1 Å². The van der Waals surface area contributed by atoms with Gasteiger partial charge in [0, 0.05) is 48.9 Å². The van der Waals surface area contributed by atoms with Crippen LogP contribution in [0.2, 0.25) is 5.02 Å². The van der Waals surface area contributed by atoms with Crippen molar-refractivity contribution in [3.63, 3.8) is 0 Å². The normalized spacial score (nSPS) is 14.7. The van der Waals surface area contributed by atoms with Crippen LogP contribution in [0.1, 0.15) is 29.5 Å². The minimum Gasteiger partial charge on any atom is -0.440 e. The first-order valence-electron chi connectivity index (χ1n) is 8.62. The summed E-state index contributed by atoms with van der Waals surface area (Å²) in [4.78, 5) is 6.82. The Hall–Kier alpha value is -2.11. The van der Waals surface area contributed by atoms with E-state index >= 15 is 0 Å². The highest BCUT2D eigenvalue weighted by Crippen LogP contribution is 2.30. The van der Waals surface area contributed by atoms with Gasteiger partial charge in [0.1, 0.15) is 5.76 Å². The SMILES string of the molecule is CCn1nc(-c2ncc(C)o2)c2c1CCN(Cc1ccc(Cl)cc1)C2. The van der Waals surface area contributed by atoms with E-state index in [1.165, 1.54) is 16.8 Å². The van der Waals surface area contributed by atoms with Gasteiger partial charge in [-0.2, -0.15) is 5.10 Å². The molecule has 4 rings (SSSR count). The molecule has 0 aliphatic carbocycles. The number of halogens is 1. The molecule has 1 aliphatic rings. The smallest absolute Gasteiger partial charge is 0.247 e. The molecule has 0 amide bonds. The summed E-state index contributed by atoms with van der Waals surface area (Å²) < 4.78 is 7.83. The Balaban J connectivity index is 1.62. The second kappa shape index (κ2) is 6.65. The largest absolute Gasteiger partial charge is 0.440 e. The standard InChI is InChI=1S/C19H21ClN4O/c1-3-24-17-8-9-23(11-14-4-6-15(20)7-5-14)12-16(17)18(22-24)19-21-10-13(2)25-19/h4-7,10H,3,8-9,11-12H2,1-2H3. The molecule has 0 atom stereocenters. The summed E-state index contributed by atoms with van der Waals surface area (Å²) in [7, 11) is 0. The van der Waals surface area contributed by atoms with Crippen molar-refractivity contribution in [2.24, 2.45) is 0 Å². The monoisotopic (exact) mass is 356 g/mol. The van der Waals surface area contributed by atoms with E-state index in [4.69, 9.17) is 21.1 Å². The Bertz CT molecular complexity index is 881. The Morgan fingerprint density at radius 3 is 2.72 bits per heavy atom. The first-order valence-corrected chi connectivity index (χ1v) is 9.00. The molecule has 3 aromatic rings. The van der Waals surface area contributed by atoms with Gasteiger partial charge in [-0.3, -0.25) is 9.58 Å². The zero-order valence-electron chi connectivity index (χ0n) is 14.5. The lowest BCUT2D eigenvalue weighted by Gasteiger charge is -2.27. The molecular formula is C19H21ClN4O. The van der Waals surface area contributed by atoms with Crippen LogP contribution in [0.5, 0.6) is 0 Å². The number of oxazole rings is 1. The van der Waals surface area contributed by atoms with E-state index < -0.39 is 0 Å². The minimum absolute atomic E-state index is 0.620. The van der Waals surface area contributed by atoms with Crippen LogP contribution in [-0.4, -0.2) is 26.2 Å². The second-order valence-corrected chi connectivity index (χ2v) is 6.89. The summed E-state index contributed by atoms with van der Waals surface area (Å²) in [6.07, 6.45) is 2.74. The lowest BCUT2D eigenvalue weighted by Crippen LogP contribution is -2.30. The van der Waals surface area contributed by atoms with Crippen LogP contribution < -0.4 is 0 Å². The molecule has 0 fully saturated rings. The minimum atomic E-state index is 0.620. The molecule has 0 spiro atoms. The highest BCUT2D eigenvalue weighted by atomic mass is 35.5. The van der Waals surface area contributed by atoms with Crippen molar-refractivity contribution in [3.8, 4) is 11.6 Å². The molecule has 6 heteroatoms. The average molecular weight is 357 g/mol. The zero-order chi connectivity index (χ0) is 17.4. The molecule has 0 N–H and O–H groups in total. The van der Waals surface area contributed by atoms with Gasteiger partial charge in [0.05, 0.1) is 6.20 Å². The van der Waals surface area contributed by atoms with Gasteiger partial charge in [0.25, 0.3) is 0 Å². The summed E-state index contributed by atoms with van der Waals surface area (Å²) in [6, 6.07) is 8.07. The third-order valence-corrected chi connectivity index (χ3v) is 4.91. The van der Waals surface area contributed by atoms with Gasteiger partial charge in [0.15, 0.2) is 5.69 Å². The molecule has 5 nitrogen and oxygen atoms in total. The number of fused-ring (bicyclic) bond motifs is 1. The van der Waals surface area contributed by atoms with Crippen LogP contribution in [0.25, 0.3) is 11.6 Å². The Morgan fingerprint density at radius 2 is 2.04 bits per heavy atom. The second-order valence-electron chi connectivity index (χ2n) is 6.45. The van der Waals surface area contributed by atoms with Crippen LogP contribution in [0.15, 0.2) is 34.9 Å². The molecule has 2 aromatic heterocycles. The topological polar surface area (TPSA) is 47.1 Å². The van der Waals surface area contributed by atoms with Crippen molar-refractivity contribution in [1.29, 1.82) is 0 Å². The van der Waals surface area contributed by atoms with Crippen molar-refractivity contribution >= 4 is 11.6 Å². The van der Waals surface area contributed by atoms with E-state index in [1.807, 2.05) is 19.1 Å². The summed E-state index contributed by atoms with van der Waals surface area (Å²) in [6.45, 7) is 7.67. The maximum atomic E-state index is 5.99. The molecule has 1 aromatic carbocycles. The summed E-state index contributed by atoms with van der Waals surface area (Å²) in [5.41, 5.74) is 4.69. The maximum absolute atomic E-state index is 5.99. The molecule has 130 valence electrons. The van der Waals surface area contributed by atoms with E-state index in [2.05, 4.69) is 33.6 Å². The van der Waals surface area contributed by atoms with Gasteiger partial charge in [-0.15, -0.1) is 0 Å². The van der Waals surface area contributed by atoms with Crippen molar-refractivity contribution in [3.05, 3.63) is 58.1 Å².